The summed E-state index contributed by atoms with van der Waals surface area (Å²) in [5.74, 6) is 2.29. The normalized spacial score (nSPS) is 17.5. The number of rotatable bonds is 5. The number of anilines is 3. The Balaban J connectivity index is 1.52. The number of nitrogens with one attached hydrogen (secondary N) is 3. The van der Waals surface area contributed by atoms with Crippen molar-refractivity contribution in [2.45, 2.75) is 65.0 Å². The molecule has 0 fully saturated rings. The molecule has 0 saturated carbocycles. The molecule has 0 spiro atoms. The summed E-state index contributed by atoms with van der Waals surface area (Å²) < 4.78 is 11.4. The van der Waals surface area contributed by atoms with Gasteiger partial charge < -0.3 is 25.4 Å². The first-order valence-electron chi connectivity index (χ1n) is 11.5. The molecule has 2 heterocycles. The second-order valence-corrected chi connectivity index (χ2v) is 9.55. The molecule has 2 aliphatic rings. The number of carbonyl (C=O) groups is 1. The zero-order valence-corrected chi connectivity index (χ0v) is 20.0. The van der Waals surface area contributed by atoms with E-state index in [0.29, 0.717) is 12.6 Å². The molecule has 1 aromatic carbocycles. The van der Waals surface area contributed by atoms with Gasteiger partial charge in [-0.2, -0.15) is 4.98 Å². The molecule has 2 aromatic rings. The second-order valence-electron chi connectivity index (χ2n) is 9.55. The van der Waals surface area contributed by atoms with Crippen molar-refractivity contribution in [3.63, 3.8) is 0 Å². The smallest absolute Gasteiger partial charge is 0.407 e. The molecule has 1 unspecified atom stereocenters. The van der Waals surface area contributed by atoms with Gasteiger partial charge in [-0.1, -0.05) is 6.08 Å². The number of amides is 1. The van der Waals surface area contributed by atoms with Gasteiger partial charge in [0.05, 0.1) is 6.61 Å². The molecule has 0 radical (unpaired) electrons. The highest BCUT2D eigenvalue weighted by molar-refractivity contribution is 5.78. The molecular weight excluding hydrogens is 418 g/mol. The van der Waals surface area contributed by atoms with Crippen LogP contribution in [-0.2, 0) is 11.2 Å². The fraction of sp³-hybridized carbons (Fsp3) is 0.480. The summed E-state index contributed by atoms with van der Waals surface area (Å²) in [5.41, 5.74) is 4.85. The van der Waals surface area contributed by atoms with Gasteiger partial charge in [0.25, 0.3) is 0 Å². The van der Waals surface area contributed by atoms with Crippen molar-refractivity contribution < 1.29 is 14.3 Å². The van der Waals surface area contributed by atoms with E-state index in [1.807, 2.05) is 40.8 Å². The highest BCUT2D eigenvalue weighted by Gasteiger charge is 2.25. The summed E-state index contributed by atoms with van der Waals surface area (Å²) in [7, 11) is 1.84. The third-order valence-corrected chi connectivity index (χ3v) is 5.63. The molecular formula is C25H33N5O3. The van der Waals surface area contributed by atoms with Crippen LogP contribution in [0.1, 0.15) is 56.9 Å². The summed E-state index contributed by atoms with van der Waals surface area (Å²) in [6.07, 6.45) is 5.18. The lowest BCUT2D eigenvalue weighted by atomic mass is 9.89. The number of fused-ring (bicyclic) bond motifs is 1. The molecule has 1 aliphatic heterocycles. The molecule has 0 saturated heterocycles. The van der Waals surface area contributed by atoms with Crippen LogP contribution >= 0.6 is 0 Å². The van der Waals surface area contributed by atoms with E-state index in [0.717, 1.165) is 54.2 Å². The fourth-order valence-corrected chi connectivity index (χ4v) is 4.18. The molecule has 8 heteroatoms. The predicted octanol–water partition coefficient (Wildman–Crippen LogP) is 4.97. The Kier molecular flexibility index (Phi) is 6.44. The lowest BCUT2D eigenvalue weighted by Crippen LogP contribution is -2.39. The van der Waals surface area contributed by atoms with Crippen LogP contribution in [0.5, 0.6) is 5.75 Å². The fourth-order valence-electron chi connectivity index (χ4n) is 4.18. The van der Waals surface area contributed by atoms with Crippen LogP contribution in [0, 0.1) is 6.92 Å². The number of hydrogen-bond donors (Lipinski definition) is 3. The van der Waals surface area contributed by atoms with Gasteiger partial charge in [0.2, 0.25) is 5.95 Å². The number of aromatic nitrogens is 2. The first-order chi connectivity index (χ1) is 15.7. The van der Waals surface area contributed by atoms with Gasteiger partial charge in [-0.3, -0.25) is 0 Å². The molecule has 1 aromatic heterocycles. The molecule has 33 heavy (non-hydrogen) atoms. The van der Waals surface area contributed by atoms with Crippen LogP contribution in [0.2, 0.25) is 0 Å². The van der Waals surface area contributed by atoms with Gasteiger partial charge in [0.15, 0.2) is 0 Å². The highest BCUT2D eigenvalue weighted by Crippen LogP contribution is 2.40. The van der Waals surface area contributed by atoms with Gasteiger partial charge in [-0.05, 0) is 64.7 Å². The molecule has 1 atom stereocenters. The summed E-state index contributed by atoms with van der Waals surface area (Å²) in [5, 5.41) is 9.42. The monoisotopic (exact) mass is 451 g/mol. The van der Waals surface area contributed by atoms with Crippen LogP contribution in [0.15, 0.2) is 24.3 Å². The van der Waals surface area contributed by atoms with E-state index in [9.17, 15) is 4.79 Å². The topological polar surface area (TPSA) is 97.4 Å². The maximum Gasteiger partial charge on any atom is 0.407 e. The van der Waals surface area contributed by atoms with E-state index in [2.05, 4.69) is 44.1 Å². The molecule has 0 bridgehead atoms. The molecule has 1 amide bonds. The molecule has 4 rings (SSSR count). The van der Waals surface area contributed by atoms with Crippen molar-refractivity contribution >= 4 is 29.1 Å². The standard InChI is InChI=1S/C25H33N5O3/c1-15-12-21(26-5)30-23(27-15)28-19-13-17-10-11-32-22(17)20(14-19)16-6-8-18(9-7-16)29-24(31)33-25(2,3)4/h6,12-14,18H,7-11H2,1-5H3,(H,29,31)(H2,26,27,28,30). The van der Waals surface area contributed by atoms with Crippen molar-refractivity contribution in [3.8, 4) is 5.75 Å². The van der Waals surface area contributed by atoms with Crippen LogP contribution in [0.3, 0.4) is 0 Å². The van der Waals surface area contributed by atoms with Gasteiger partial charge in [0, 0.05) is 48.1 Å². The number of nitrogens with zero attached hydrogens (tertiary/aromatic N) is 2. The highest BCUT2D eigenvalue weighted by atomic mass is 16.6. The first kappa shape index (κ1) is 22.9. The minimum atomic E-state index is -0.500. The third kappa shape index (κ3) is 5.74. The van der Waals surface area contributed by atoms with Crippen molar-refractivity contribution in [3.05, 3.63) is 41.1 Å². The van der Waals surface area contributed by atoms with Crippen LogP contribution in [0.25, 0.3) is 5.57 Å². The van der Waals surface area contributed by atoms with E-state index in [4.69, 9.17) is 9.47 Å². The zero-order chi connectivity index (χ0) is 23.6. The lowest BCUT2D eigenvalue weighted by molar-refractivity contribution is 0.0502. The number of alkyl carbamates (subject to hydrolysis) is 1. The number of ether oxygens (including phenoxy) is 2. The first-order valence-corrected chi connectivity index (χ1v) is 11.5. The Morgan fingerprint density at radius 2 is 2.00 bits per heavy atom. The molecule has 8 nitrogen and oxygen atoms in total. The third-order valence-electron chi connectivity index (χ3n) is 5.63. The minimum Gasteiger partial charge on any atom is -0.492 e. The summed E-state index contributed by atoms with van der Waals surface area (Å²) in [6.45, 7) is 8.24. The van der Waals surface area contributed by atoms with E-state index in [-0.39, 0.29) is 12.1 Å². The van der Waals surface area contributed by atoms with E-state index in [1.165, 1.54) is 11.1 Å². The number of allylic oxidation sites excluding steroid dienone is 1. The average molecular weight is 452 g/mol. The summed E-state index contributed by atoms with van der Waals surface area (Å²) in [4.78, 5) is 21.2. The predicted molar refractivity (Wildman–Crippen MR) is 130 cm³/mol. The number of carbonyl (C=O) groups excluding carboxylic acids is 1. The van der Waals surface area contributed by atoms with Crippen molar-refractivity contribution in [1.29, 1.82) is 0 Å². The number of aryl methyl sites for hydroxylation is 1. The SMILES string of the molecule is CNc1cc(C)nc(Nc2cc3c(c(C4=CCC(NC(=O)OC(C)(C)C)CC4)c2)OCC3)n1. The average Bonchev–Trinajstić information content (AvgIpc) is 3.20. The number of hydrogen-bond acceptors (Lipinski definition) is 7. The minimum absolute atomic E-state index is 0.0690. The molecule has 176 valence electrons. The largest absolute Gasteiger partial charge is 0.492 e. The van der Waals surface area contributed by atoms with Crippen molar-refractivity contribution in [2.75, 3.05) is 24.3 Å². The van der Waals surface area contributed by atoms with E-state index >= 15 is 0 Å². The van der Waals surface area contributed by atoms with Gasteiger partial charge in [0.1, 0.15) is 17.2 Å². The van der Waals surface area contributed by atoms with Gasteiger partial charge in [-0.15, -0.1) is 0 Å². The van der Waals surface area contributed by atoms with Crippen LogP contribution in [-0.4, -0.2) is 41.4 Å². The Hall–Kier alpha value is -3.29. The zero-order valence-electron chi connectivity index (χ0n) is 20.0. The Morgan fingerprint density at radius 3 is 2.70 bits per heavy atom. The van der Waals surface area contributed by atoms with Gasteiger partial charge >= 0.3 is 6.09 Å². The summed E-state index contributed by atoms with van der Waals surface area (Å²) >= 11 is 0. The lowest BCUT2D eigenvalue weighted by Gasteiger charge is -2.26. The maximum atomic E-state index is 12.1. The Morgan fingerprint density at radius 1 is 1.18 bits per heavy atom. The van der Waals surface area contributed by atoms with Crippen LogP contribution < -0.4 is 20.7 Å². The van der Waals surface area contributed by atoms with E-state index in [1.54, 1.807) is 0 Å². The van der Waals surface area contributed by atoms with E-state index < -0.39 is 5.60 Å². The Labute approximate surface area is 195 Å². The van der Waals surface area contributed by atoms with Gasteiger partial charge in [-0.25, -0.2) is 9.78 Å². The maximum absolute atomic E-state index is 12.1. The Bertz CT molecular complexity index is 1070. The van der Waals surface area contributed by atoms with Crippen LogP contribution in [0.4, 0.5) is 22.2 Å². The molecule has 3 N–H and O–H groups in total. The quantitative estimate of drug-likeness (QED) is 0.591. The molecule has 1 aliphatic carbocycles. The van der Waals surface area contributed by atoms with Crippen molar-refractivity contribution in [2.24, 2.45) is 0 Å². The second kappa shape index (κ2) is 9.29. The summed E-state index contributed by atoms with van der Waals surface area (Å²) in [6, 6.07) is 6.20. The number of benzene rings is 1. The van der Waals surface area contributed by atoms with Crippen molar-refractivity contribution in [1.82, 2.24) is 15.3 Å².